The Morgan fingerprint density at radius 3 is 2.53 bits per heavy atom. The van der Waals surface area contributed by atoms with Crippen molar-refractivity contribution in [2.24, 2.45) is 12.8 Å². The van der Waals surface area contributed by atoms with E-state index in [0.717, 1.165) is 57.2 Å². The van der Waals surface area contributed by atoms with E-state index < -0.39 is 0 Å². The highest BCUT2D eigenvalue weighted by atomic mass is 15.3. The van der Waals surface area contributed by atoms with Gasteiger partial charge in [-0.1, -0.05) is 0 Å². The van der Waals surface area contributed by atoms with Gasteiger partial charge in [-0.15, -0.1) is 10.2 Å². The molecule has 1 fully saturated rings. The lowest BCUT2D eigenvalue weighted by atomic mass is 9.96. The van der Waals surface area contributed by atoms with Crippen molar-refractivity contribution in [2.75, 3.05) is 40.3 Å². The van der Waals surface area contributed by atoms with Gasteiger partial charge in [0, 0.05) is 26.1 Å². The molecule has 1 aromatic heterocycles. The summed E-state index contributed by atoms with van der Waals surface area (Å²) in [6.07, 6.45) is 2.32. The summed E-state index contributed by atoms with van der Waals surface area (Å²) in [7, 11) is 6.19. The fourth-order valence-corrected chi connectivity index (χ4v) is 2.75. The van der Waals surface area contributed by atoms with Gasteiger partial charge in [0.1, 0.15) is 11.6 Å². The van der Waals surface area contributed by atoms with Crippen molar-refractivity contribution in [1.29, 1.82) is 0 Å². The van der Waals surface area contributed by atoms with E-state index in [1.807, 2.05) is 0 Å². The zero-order valence-corrected chi connectivity index (χ0v) is 12.3. The molecule has 0 saturated carbocycles. The molecule has 0 bridgehead atoms. The Kier molecular flexibility index (Phi) is 4.90. The van der Waals surface area contributed by atoms with Gasteiger partial charge in [0.2, 0.25) is 0 Å². The van der Waals surface area contributed by atoms with Gasteiger partial charge in [-0.2, -0.15) is 0 Å². The van der Waals surface area contributed by atoms with Gasteiger partial charge in [0.25, 0.3) is 0 Å². The second kappa shape index (κ2) is 6.45. The fourth-order valence-electron chi connectivity index (χ4n) is 2.75. The molecule has 0 atom stereocenters. The van der Waals surface area contributed by atoms with Gasteiger partial charge < -0.3 is 20.1 Å². The maximum atomic E-state index is 5.61. The molecule has 0 unspecified atom stereocenters. The van der Waals surface area contributed by atoms with Crippen molar-refractivity contribution >= 4 is 0 Å². The molecule has 1 aliphatic heterocycles. The monoisotopic (exact) mass is 266 g/mol. The van der Waals surface area contributed by atoms with Gasteiger partial charge >= 0.3 is 0 Å². The number of hydrogen-bond acceptors (Lipinski definition) is 5. The molecule has 2 N–H and O–H groups in total. The lowest BCUT2D eigenvalue weighted by Gasteiger charge is -2.31. The summed E-state index contributed by atoms with van der Waals surface area (Å²) in [6.45, 7) is 4.85. The largest absolute Gasteiger partial charge is 0.329 e. The van der Waals surface area contributed by atoms with E-state index in [1.165, 1.54) is 0 Å². The molecule has 19 heavy (non-hydrogen) atoms. The van der Waals surface area contributed by atoms with Crippen molar-refractivity contribution < 1.29 is 0 Å². The van der Waals surface area contributed by atoms with Gasteiger partial charge in [-0.25, -0.2) is 0 Å². The molecule has 2 heterocycles. The first-order chi connectivity index (χ1) is 9.11. The van der Waals surface area contributed by atoms with E-state index in [0.29, 0.717) is 5.92 Å². The highest BCUT2D eigenvalue weighted by Crippen LogP contribution is 2.26. The first kappa shape index (κ1) is 14.4. The van der Waals surface area contributed by atoms with Crippen molar-refractivity contribution in [2.45, 2.75) is 25.3 Å². The van der Waals surface area contributed by atoms with E-state index in [2.05, 4.69) is 45.7 Å². The lowest BCUT2D eigenvalue weighted by Crippen LogP contribution is -2.36. The van der Waals surface area contributed by atoms with E-state index in [-0.39, 0.29) is 0 Å². The van der Waals surface area contributed by atoms with Crippen molar-refractivity contribution in [3.63, 3.8) is 0 Å². The maximum absolute atomic E-state index is 5.61. The molecule has 0 aromatic carbocycles. The molecular formula is C13H26N6. The third-order valence-electron chi connectivity index (χ3n) is 3.85. The third kappa shape index (κ3) is 3.52. The van der Waals surface area contributed by atoms with Crippen LogP contribution in [0.2, 0.25) is 0 Å². The lowest BCUT2D eigenvalue weighted by molar-refractivity contribution is 0.213. The van der Waals surface area contributed by atoms with Crippen molar-refractivity contribution in [1.82, 2.24) is 24.6 Å². The van der Waals surface area contributed by atoms with Crippen LogP contribution in [0.4, 0.5) is 0 Å². The van der Waals surface area contributed by atoms with Crippen molar-refractivity contribution in [3.05, 3.63) is 11.6 Å². The molecule has 2 rings (SSSR count). The molecule has 0 aliphatic carbocycles. The number of piperidine rings is 1. The smallest absolute Gasteiger partial charge is 0.146 e. The molecule has 1 saturated heterocycles. The van der Waals surface area contributed by atoms with Gasteiger partial charge in [-0.3, -0.25) is 0 Å². The minimum atomic E-state index is 0.544. The summed E-state index contributed by atoms with van der Waals surface area (Å²) < 4.78 is 2.17. The average molecular weight is 266 g/mol. The number of nitrogens with two attached hydrogens (primary N) is 1. The first-order valence-electron chi connectivity index (χ1n) is 7.07. The van der Waals surface area contributed by atoms with Crippen molar-refractivity contribution in [3.8, 4) is 0 Å². The number of hydrogen-bond donors (Lipinski definition) is 1. The normalized spacial score (nSPS) is 18.4. The van der Waals surface area contributed by atoms with Gasteiger partial charge in [0.05, 0.1) is 6.54 Å². The van der Waals surface area contributed by atoms with Crippen LogP contribution < -0.4 is 5.73 Å². The van der Waals surface area contributed by atoms with Gasteiger partial charge in [0.15, 0.2) is 0 Å². The molecule has 0 amide bonds. The Bertz CT molecular complexity index is 392. The Labute approximate surface area is 115 Å². The highest BCUT2D eigenvalue weighted by Gasteiger charge is 2.24. The molecule has 108 valence electrons. The highest BCUT2D eigenvalue weighted by molar-refractivity contribution is 5.03. The standard InChI is InChI=1S/C13H26N6/c1-17(2)10-12-15-16-13(18(12)3)11-4-7-19(8-5-11)9-6-14/h11H,4-10,14H2,1-3H3. The molecule has 1 aliphatic rings. The van der Waals surface area contributed by atoms with E-state index in [9.17, 15) is 0 Å². The maximum Gasteiger partial charge on any atom is 0.146 e. The van der Waals surface area contributed by atoms with Crippen LogP contribution in [0.3, 0.4) is 0 Å². The number of nitrogens with zero attached hydrogens (tertiary/aromatic N) is 5. The molecule has 6 nitrogen and oxygen atoms in total. The van der Waals surface area contributed by atoms with Gasteiger partial charge in [-0.05, 0) is 40.0 Å². The summed E-state index contributed by atoms with van der Waals surface area (Å²) in [4.78, 5) is 4.56. The second-order valence-electron chi connectivity index (χ2n) is 5.68. The Balaban J connectivity index is 1.98. The Morgan fingerprint density at radius 1 is 1.26 bits per heavy atom. The first-order valence-corrected chi connectivity index (χ1v) is 7.07. The summed E-state index contributed by atoms with van der Waals surface area (Å²) in [5.74, 6) is 2.73. The predicted molar refractivity (Wildman–Crippen MR) is 75.9 cm³/mol. The number of rotatable bonds is 5. The van der Waals surface area contributed by atoms with Crippen LogP contribution in [0.25, 0.3) is 0 Å². The average Bonchev–Trinajstić information content (AvgIpc) is 2.72. The van der Waals surface area contributed by atoms with E-state index in [1.54, 1.807) is 0 Å². The summed E-state index contributed by atoms with van der Waals surface area (Å²) in [5, 5.41) is 8.73. The second-order valence-corrected chi connectivity index (χ2v) is 5.68. The third-order valence-corrected chi connectivity index (χ3v) is 3.85. The molecule has 0 radical (unpaired) electrons. The summed E-state index contributed by atoms with van der Waals surface area (Å²) in [6, 6.07) is 0. The molecule has 1 aromatic rings. The molecule has 6 heteroatoms. The topological polar surface area (TPSA) is 63.2 Å². The van der Waals surface area contributed by atoms with E-state index in [4.69, 9.17) is 5.73 Å². The fraction of sp³-hybridized carbons (Fsp3) is 0.846. The van der Waals surface area contributed by atoms with Crippen LogP contribution in [0.15, 0.2) is 0 Å². The minimum absolute atomic E-state index is 0.544. The Morgan fingerprint density at radius 2 is 1.95 bits per heavy atom. The SMILES string of the molecule is CN(C)Cc1nnc(C2CCN(CCN)CC2)n1C. The molecule has 0 spiro atoms. The Hall–Kier alpha value is -0.980. The minimum Gasteiger partial charge on any atom is -0.329 e. The van der Waals surface area contributed by atoms with Crippen LogP contribution in [0.1, 0.15) is 30.4 Å². The van der Waals surface area contributed by atoms with Crippen LogP contribution >= 0.6 is 0 Å². The predicted octanol–water partition coefficient (Wildman–Crippen LogP) is 0.0148. The molecular weight excluding hydrogens is 240 g/mol. The van der Waals surface area contributed by atoms with Crippen LogP contribution in [-0.2, 0) is 13.6 Å². The van der Waals surface area contributed by atoms with E-state index >= 15 is 0 Å². The summed E-state index contributed by atoms with van der Waals surface area (Å²) >= 11 is 0. The number of aromatic nitrogens is 3. The zero-order chi connectivity index (χ0) is 13.8. The zero-order valence-electron chi connectivity index (χ0n) is 12.3. The number of likely N-dealkylation sites (tertiary alicyclic amines) is 1. The summed E-state index contributed by atoms with van der Waals surface area (Å²) in [5.41, 5.74) is 5.61. The quantitative estimate of drug-likeness (QED) is 0.814. The van der Waals surface area contributed by atoms with Crippen LogP contribution in [0.5, 0.6) is 0 Å². The van der Waals surface area contributed by atoms with Crippen LogP contribution in [0, 0.1) is 0 Å². The van der Waals surface area contributed by atoms with Crippen LogP contribution in [-0.4, -0.2) is 64.8 Å².